The summed E-state index contributed by atoms with van der Waals surface area (Å²) < 4.78 is 36.0. The van der Waals surface area contributed by atoms with Crippen LogP contribution in [0, 0.1) is 5.92 Å². The molecule has 2 rings (SSSR count). The second-order valence-corrected chi connectivity index (χ2v) is 6.37. The summed E-state index contributed by atoms with van der Waals surface area (Å²) in [4.78, 5) is 11.2. The van der Waals surface area contributed by atoms with Crippen LogP contribution in [0.3, 0.4) is 0 Å². The van der Waals surface area contributed by atoms with Crippen LogP contribution in [0.5, 0.6) is 0 Å². The molecule has 1 atom stereocenters. The van der Waals surface area contributed by atoms with Crippen molar-refractivity contribution in [1.29, 1.82) is 0 Å². The molecular formula is C12H19ClN2O5S. The van der Waals surface area contributed by atoms with Gasteiger partial charge in [0.1, 0.15) is 0 Å². The normalized spacial score (nSPS) is 18.8. The summed E-state index contributed by atoms with van der Waals surface area (Å²) in [5, 5.41) is 2.94. The number of carbonyl (C=O) groups is 1. The highest BCUT2D eigenvalue weighted by molar-refractivity contribution is 7.89. The molecule has 21 heavy (non-hydrogen) atoms. The smallest absolute Gasteiger partial charge is 0.374 e. The van der Waals surface area contributed by atoms with Crippen molar-refractivity contribution in [3.63, 3.8) is 0 Å². The molecule has 1 unspecified atom stereocenters. The van der Waals surface area contributed by atoms with Crippen LogP contribution in [0.15, 0.2) is 21.6 Å². The zero-order chi connectivity index (χ0) is 14.6. The summed E-state index contributed by atoms with van der Waals surface area (Å²) in [5.74, 6) is -0.566. The lowest BCUT2D eigenvalue weighted by molar-refractivity contribution is 0.0559. The van der Waals surface area contributed by atoms with E-state index in [1.54, 1.807) is 0 Å². The summed E-state index contributed by atoms with van der Waals surface area (Å²) in [7, 11) is -2.53. The molecule has 0 spiro atoms. The van der Waals surface area contributed by atoms with Gasteiger partial charge in [-0.15, -0.1) is 12.4 Å². The molecule has 0 saturated carbocycles. The maximum atomic E-state index is 12.0. The molecule has 1 fully saturated rings. The van der Waals surface area contributed by atoms with Crippen LogP contribution in [-0.2, 0) is 14.8 Å². The minimum atomic E-state index is -3.73. The van der Waals surface area contributed by atoms with Gasteiger partial charge in [0.25, 0.3) is 10.0 Å². The second kappa shape index (κ2) is 7.79. The molecule has 7 nitrogen and oxygen atoms in total. The first-order valence-electron chi connectivity index (χ1n) is 6.41. The summed E-state index contributed by atoms with van der Waals surface area (Å²) in [6.45, 7) is 2.13. The number of furan rings is 1. The third-order valence-corrected chi connectivity index (χ3v) is 4.49. The average molecular weight is 339 g/mol. The van der Waals surface area contributed by atoms with Gasteiger partial charge < -0.3 is 14.5 Å². The Morgan fingerprint density at radius 3 is 2.90 bits per heavy atom. The van der Waals surface area contributed by atoms with Crippen LogP contribution >= 0.6 is 12.4 Å². The molecule has 1 aliphatic heterocycles. The summed E-state index contributed by atoms with van der Waals surface area (Å²) >= 11 is 0. The Balaban J connectivity index is 0.00000220. The lowest BCUT2D eigenvalue weighted by atomic mass is 10.0. The first kappa shape index (κ1) is 18.0. The van der Waals surface area contributed by atoms with Crippen molar-refractivity contribution in [2.24, 2.45) is 5.92 Å². The van der Waals surface area contributed by atoms with Crippen molar-refractivity contribution in [3.05, 3.63) is 17.9 Å². The summed E-state index contributed by atoms with van der Waals surface area (Å²) in [5.41, 5.74) is 0. The van der Waals surface area contributed by atoms with Gasteiger partial charge in [-0.25, -0.2) is 17.9 Å². The molecule has 1 aliphatic rings. The van der Waals surface area contributed by atoms with Crippen molar-refractivity contribution >= 4 is 28.4 Å². The Labute approximate surface area is 129 Å². The highest BCUT2D eigenvalue weighted by Gasteiger charge is 2.23. The van der Waals surface area contributed by atoms with Gasteiger partial charge in [0, 0.05) is 6.54 Å². The van der Waals surface area contributed by atoms with Crippen LogP contribution in [0.1, 0.15) is 23.4 Å². The molecule has 0 aromatic carbocycles. The van der Waals surface area contributed by atoms with E-state index in [9.17, 15) is 13.2 Å². The van der Waals surface area contributed by atoms with Gasteiger partial charge in [-0.1, -0.05) is 0 Å². The van der Waals surface area contributed by atoms with Crippen molar-refractivity contribution in [1.82, 2.24) is 10.0 Å². The van der Waals surface area contributed by atoms with Crippen LogP contribution in [-0.4, -0.2) is 41.1 Å². The number of hydrogen-bond donors (Lipinski definition) is 2. The number of nitrogens with one attached hydrogen (secondary N) is 2. The van der Waals surface area contributed by atoms with E-state index in [1.165, 1.54) is 19.2 Å². The quantitative estimate of drug-likeness (QED) is 0.769. The Morgan fingerprint density at radius 2 is 2.29 bits per heavy atom. The maximum absolute atomic E-state index is 12.0. The van der Waals surface area contributed by atoms with Crippen LogP contribution in [0.2, 0.25) is 0 Å². The van der Waals surface area contributed by atoms with E-state index in [0.29, 0.717) is 6.54 Å². The molecule has 0 aliphatic carbocycles. The molecule has 0 amide bonds. The Kier molecular flexibility index (Phi) is 6.66. The van der Waals surface area contributed by atoms with E-state index in [0.717, 1.165) is 25.9 Å². The van der Waals surface area contributed by atoms with Gasteiger partial charge in [-0.2, -0.15) is 0 Å². The van der Waals surface area contributed by atoms with E-state index in [2.05, 4.69) is 14.8 Å². The number of piperidine rings is 1. The number of hydrogen-bond acceptors (Lipinski definition) is 6. The molecular weight excluding hydrogens is 320 g/mol. The minimum absolute atomic E-state index is 0. The zero-order valence-electron chi connectivity index (χ0n) is 11.6. The number of sulfonamides is 1. The predicted molar refractivity (Wildman–Crippen MR) is 78.1 cm³/mol. The topological polar surface area (TPSA) is 97.6 Å². The van der Waals surface area contributed by atoms with Gasteiger partial charge in [0.15, 0.2) is 0 Å². The zero-order valence-corrected chi connectivity index (χ0v) is 13.3. The molecule has 2 N–H and O–H groups in total. The molecule has 1 aromatic rings. The van der Waals surface area contributed by atoms with E-state index in [4.69, 9.17) is 4.42 Å². The van der Waals surface area contributed by atoms with Crippen molar-refractivity contribution in [2.45, 2.75) is 17.9 Å². The summed E-state index contributed by atoms with van der Waals surface area (Å²) in [6.07, 6.45) is 2.03. The lowest BCUT2D eigenvalue weighted by Crippen LogP contribution is -2.38. The largest absolute Gasteiger partial charge is 0.463 e. The second-order valence-electron chi connectivity index (χ2n) is 4.67. The number of halogens is 1. The number of esters is 1. The van der Waals surface area contributed by atoms with Crippen molar-refractivity contribution < 1.29 is 22.4 Å². The van der Waals surface area contributed by atoms with Crippen LogP contribution < -0.4 is 10.0 Å². The fourth-order valence-corrected chi connectivity index (χ4v) is 3.12. The van der Waals surface area contributed by atoms with E-state index in [-0.39, 0.29) is 29.2 Å². The van der Waals surface area contributed by atoms with Gasteiger partial charge in [0.05, 0.1) is 7.11 Å². The number of ether oxygens (including phenoxy) is 1. The molecule has 1 aromatic heterocycles. The molecule has 2 heterocycles. The first-order chi connectivity index (χ1) is 9.53. The van der Waals surface area contributed by atoms with Crippen molar-refractivity contribution in [2.75, 3.05) is 26.7 Å². The average Bonchev–Trinajstić information content (AvgIpc) is 2.96. The fraction of sp³-hybridized carbons (Fsp3) is 0.583. The first-order valence-corrected chi connectivity index (χ1v) is 7.90. The Morgan fingerprint density at radius 1 is 1.52 bits per heavy atom. The minimum Gasteiger partial charge on any atom is -0.463 e. The number of rotatable bonds is 5. The van der Waals surface area contributed by atoms with Crippen molar-refractivity contribution in [3.8, 4) is 0 Å². The van der Waals surface area contributed by atoms with E-state index >= 15 is 0 Å². The highest BCUT2D eigenvalue weighted by Crippen LogP contribution is 2.15. The van der Waals surface area contributed by atoms with E-state index in [1.807, 2.05) is 0 Å². The Bertz CT molecular complexity index is 566. The highest BCUT2D eigenvalue weighted by atomic mass is 35.5. The molecule has 0 bridgehead atoms. The van der Waals surface area contributed by atoms with Crippen LogP contribution in [0.4, 0.5) is 0 Å². The third-order valence-electron chi connectivity index (χ3n) is 3.19. The fourth-order valence-electron chi connectivity index (χ4n) is 2.07. The molecule has 0 radical (unpaired) electrons. The third kappa shape index (κ3) is 4.70. The number of methoxy groups -OCH3 is 1. The van der Waals surface area contributed by atoms with Gasteiger partial charge in [0.2, 0.25) is 10.9 Å². The van der Waals surface area contributed by atoms with Gasteiger partial charge in [-0.05, 0) is 44.0 Å². The monoisotopic (exact) mass is 338 g/mol. The van der Waals surface area contributed by atoms with Gasteiger partial charge >= 0.3 is 5.97 Å². The predicted octanol–water partition coefficient (Wildman–Crippen LogP) is 0.766. The maximum Gasteiger partial charge on any atom is 0.374 e. The molecule has 120 valence electrons. The summed E-state index contributed by atoms with van der Waals surface area (Å²) in [6, 6.07) is 2.52. The van der Waals surface area contributed by atoms with E-state index < -0.39 is 16.0 Å². The Hall–Kier alpha value is -1.09. The standard InChI is InChI=1S/C12H18N2O5S.ClH/c1-18-12(15)10-4-5-11(19-10)20(16,17)14-8-9-3-2-6-13-7-9;/h4-5,9,13-14H,2-3,6-8H2,1H3;1H. The van der Waals surface area contributed by atoms with Crippen LogP contribution in [0.25, 0.3) is 0 Å². The molecule has 9 heteroatoms. The lowest BCUT2D eigenvalue weighted by Gasteiger charge is -2.22. The molecule has 1 saturated heterocycles. The number of carbonyl (C=O) groups excluding carboxylic acids is 1. The van der Waals surface area contributed by atoms with Gasteiger partial charge in [-0.3, -0.25) is 0 Å². The SMILES string of the molecule is COC(=O)c1ccc(S(=O)(=O)NCC2CCCNC2)o1.Cl.